The largest absolute Gasteiger partial charge is 0.497 e. The second-order valence-electron chi connectivity index (χ2n) is 5.28. The second-order valence-corrected chi connectivity index (χ2v) is 5.28. The Kier molecular flexibility index (Phi) is 3.89. The average Bonchev–Trinajstić information content (AvgIpc) is 2.90. The molecule has 0 spiro atoms. The third-order valence-corrected chi connectivity index (χ3v) is 4.15. The molecule has 2 heterocycles. The predicted molar refractivity (Wildman–Crippen MR) is 78.2 cm³/mol. The van der Waals surface area contributed by atoms with E-state index in [-0.39, 0.29) is 11.9 Å². The topological polar surface area (TPSA) is 44.8 Å². The van der Waals surface area contributed by atoms with Crippen LogP contribution in [0.3, 0.4) is 0 Å². The first kappa shape index (κ1) is 13.4. The van der Waals surface area contributed by atoms with Gasteiger partial charge in [-0.2, -0.15) is 0 Å². The number of hydrogen-bond donors (Lipinski definition) is 1. The number of rotatable bonds is 3. The van der Waals surface area contributed by atoms with Crippen LogP contribution in [0.5, 0.6) is 5.75 Å². The van der Waals surface area contributed by atoms with Gasteiger partial charge >= 0.3 is 0 Å². The number of nitrogens with one attached hydrogen (secondary N) is 1. The first-order valence-electron chi connectivity index (χ1n) is 7.20. The Morgan fingerprint density at radius 1 is 1.15 bits per heavy atom. The molecule has 2 saturated heterocycles. The lowest BCUT2D eigenvalue weighted by molar-refractivity contribution is -0.121. The molecule has 0 aromatic heterocycles. The number of hydrogen-bond acceptors (Lipinski definition) is 4. The van der Waals surface area contributed by atoms with Gasteiger partial charge in [0.05, 0.1) is 13.2 Å². The van der Waals surface area contributed by atoms with Crippen molar-refractivity contribution in [2.24, 2.45) is 0 Å². The van der Waals surface area contributed by atoms with E-state index in [4.69, 9.17) is 4.74 Å². The molecule has 1 atom stereocenters. The van der Waals surface area contributed by atoms with Crippen LogP contribution in [-0.2, 0) is 4.79 Å². The summed E-state index contributed by atoms with van der Waals surface area (Å²) in [6, 6.07) is 7.77. The van der Waals surface area contributed by atoms with Crippen molar-refractivity contribution < 1.29 is 9.53 Å². The summed E-state index contributed by atoms with van der Waals surface area (Å²) in [6.07, 6.45) is 0.921. The molecule has 1 amide bonds. The van der Waals surface area contributed by atoms with Crippen LogP contribution in [0.2, 0.25) is 0 Å². The number of carbonyl (C=O) groups is 1. The van der Waals surface area contributed by atoms with Gasteiger partial charge in [-0.15, -0.1) is 0 Å². The van der Waals surface area contributed by atoms with Gasteiger partial charge in [0.15, 0.2) is 0 Å². The van der Waals surface area contributed by atoms with E-state index in [0.717, 1.165) is 50.6 Å². The summed E-state index contributed by atoms with van der Waals surface area (Å²) in [6.45, 7) is 4.69. The smallest absolute Gasteiger partial charge is 0.244 e. The molecule has 3 rings (SSSR count). The van der Waals surface area contributed by atoms with E-state index < -0.39 is 0 Å². The minimum Gasteiger partial charge on any atom is -0.497 e. The third kappa shape index (κ3) is 2.51. The summed E-state index contributed by atoms with van der Waals surface area (Å²) in [7, 11) is 1.65. The molecule has 20 heavy (non-hydrogen) atoms. The van der Waals surface area contributed by atoms with E-state index in [0.29, 0.717) is 0 Å². The molecule has 0 radical (unpaired) electrons. The highest BCUT2D eigenvalue weighted by Gasteiger charge is 2.36. The van der Waals surface area contributed by atoms with Gasteiger partial charge in [0.2, 0.25) is 5.91 Å². The van der Waals surface area contributed by atoms with Crippen LogP contribution < -0.4 is 15.0 Å². The fraction of sp³-hybridized carbons (Fsp3) is 0.533. The summed E-state index contributed by atoms with van der Waals surface area (Å²) >= 11 is 0. The molecule has 5 nitrogen and oxygen atoms in total. The molecule has 2 aliphatic rings. The lowest BCUT2D eigenvalue weighted by Crippen LogP contribution is -2.51. The Labute approximate surface area is 119 Å². The number of anilines is 1. The van der Waals surface area contributed by atoms with Crippen molar-refractivity contribution in [2.45, 2.75) is 12.5 Å². The summed E-state index contributed by atoms with van der Waals surface area (Å²) in [5, 5.41) is 3.33. The lowest BCUT2D eigenvalue weighted by atomic mass is 10.2. The Balaban J connectivity index is 1.70. The van der Waals surface area contributed by atoms with Crippen LogP contribution in [0.1, 0.15) is 6.42 Å². The summed E-state index contributed by atoms with van der Waals surface area (Å²) in [5.41, 5.74) is 0.966. The summed E-state index contributed by atoms with van der Waals surface area (Å²) < 4.78 is 5.16. The van der Waals surface area contributed by atoms with Gasteiger partial charge in [0, 0.05) is 38.4 Å². The van der Waals surface area contributed by atoms with Crippen LogP contribution in [-0.4, -0.2) is 56.7 Å². The molecule has 1 N–H and O–H groups in total. The van der Waals surface area contributed by atoms with Crippen molar-refractivity contribution in [1.82, 2.24) is 10.2 Å². The first-order valence-corrected chi connectivity index (χ1v) is 7.20. The average molecular weight is 275 g/mol. The fourth-order valence-corrected chi connectivity index (χ4v) is 3.02. The quantitative estimate of drug-likeness (QED) is 0.882. The Morgan fingerprint density at radius 2 is 1.85 bits per heavy atom. The normalized spacial score (nSPS) is 24.1. The highest BCUT2D eigenvalue weighted by Crippen LogP contribution is 2.26. The van der Waals surface area contributed by atoms with E-state index in [1.807, 2.05) is 29.2 Å². The number of piperazine rings is 1. The SMILES string of the molecule is COc1ccc(N2CCC(N3CCNCC3)C2=O)cc1. The van der Waals surface area contributed by atoms with E-state index >= 15 is 0 Å². The van der Waals surface area contributed by atoms with Gasteiger partial charge in [0.1, 0.15) is 5.75 Å². The standard InChI is InChI=1S/C15H21N3O2/c1-20-13-4-2-12(3-5-13)18-9-6-14(15(18)19)17-10-7-16-8-11-17/h2-5,14,16H,6-11H2,1H3. The van der Waals surface area contributed by atoms with Crippen LogP contribution in [0, 0.1) is 0 Å². The molecule has 1 unspecified atom stereocenters. The predicted octanol–water partition coefficient (Wildman–Crippen LogP) is 0.706. The number of amides is 1. The molecular weight excluding hydrogens is 254 g/mol. The monoisotopic (exact) mass is 275 g/mol. The van der Waals surface area contributed by atoms with E-state index in [1.165, 1.54) is 0 Å². The van der Waals surface area contributed by atoms with E-state index in [2.05, 4.69) is 10.2 Å². The van der Waals surface area contributed by atoms with Crippen molar-refractivity contribution in [3.63, 3.8) is 0 Å². The molecule has 0 bridgehead atoms. The second kappa shape index (κ2) is 5.81. The van der Waals surface area contributed by atoms with Crippen LogP contribution >= 0.6 is 0 Å². The lowest BCUT2D eigenvalue weighted by Gasteiger charge is -2.31. The van der Waals surface area contributed by atoms with Crippen molar-refractivity contribution in [3.05, 3.63) is 24.3 Å². The van der Waals surface area contributed by atoms with Gasteiger partial charge < -0.3 is 15.0 Å². The van der Waals surface area contributed by atoms with Gasteiger partial charge in [-0.05, 0) is 30.7 Å². The summed E-state index contributed by atoms with van der Waals surface area (Å²) in [4.78, 5) is 16.8. The molecule has 2 fully saturated rings. The van der Waals surface area contributed by atoms with Crippen LogP contribution in [0.25, 0.3) is 0 Å². The Bertz CT molecular complexity index is 469. The molecule has 0 aliphatic carbocycles. The first-order chi connectivity index (χ1) is 9.79. The molecule has 1 aromatic rings. The van der Waals surface area contributed by atoms with Crippen molar-refractivity contribution in [2.75, 3.05) is 44.7 Å². The van der Waals surface area contributed by atoms with Gasteiger partial charge in [0.25, 0.3) is 0 Å². The maximum Gasteiger partial charge on any atom is 0.244 e. The fourth-order valence-electron chi connectivity index (χ4n) is 3.02. The molecule has 108 valence electrons. The molecule has 5 heteroatoms. The van der Waals surface area contributed by atoms with E-state index in [9.17, 15) is 4.79 Å². The maximum atomic E-state index is 12.6. The zero-order chi connectivity index (χ0) is 13.9. The Hall–Kier alpha value is -1.59. The van der Waals surface area contributed by atoms with Crippen molar-refractivity contribution in [1.29, 1.82) is 0 Å². The van der Waals surface area contributed by atoms with E-state index in [1.54, 1.807) is 7.11 Å². The molecule has 2 aliphatic heterocycles. The number of benzene rings is 1. The minimum atomic E-state index is 0.0548. The minimum absolute atomic E-state index is 0.0548. The number of nitrogens with zero attached hydrogens (tertiary/aromatic N) is 2. The maximum absolute atomic E-state index is 12.6. The third-order valence-electron chi connectivity index (χ3n) is 4.15. The van der Waals surface area contributed by atoms with Gasteiger partial charge in [-0.25, -0.2) is 0 Å². The molecule has 1 aromatic carbocycles. The summed E-state index contributed by atoms with van der Waals surface area (Å²) in [5.74, 6) is 1.05. The van der Waals surface area contributed by atoms with Gasteiger partial charge in [-0.1, -0.05) is 0 Å². The number of methoxy groups -OCH3 is 1. The highest BCUT2D eigenvalue weighted by molar-refractivity contribution is 5.99. The Morgan fingerprint density at radius 3 is 2.50 bits per heavy atom. The zero-order valence-electron chi connectivity index (χ0n) is 11.8. The van der Waals surface area contributed by atoms with Crippen LogP contribution in [0.4, 0.5) is 5.69 Å². The van der Waals surface area contributed by atoms with Crippen LogP contribution in [0.15, 0.2) is 24.3 Å². The van der Waals surface area contributed by atoms with Crippen molar-refractivity contribution >= 4 is 11.6 Å². The number of ether oxygens (including phenoxy) is 1. The molecular formula is C15H21N3O2. The highest BCUT2D eigenvalue weighted by atomic mass is 16.5. The zero-order valence-corrected chi connectivity index (χ0v) is 11.8. The molecule has 0 saturated carbocycles. The van der Waals surface area contributed by atoms with Gasteiger partial charge in [-0.3, -0.25) is 9.69 Å². The number of carbonyl (C=O) groups excluding carboxylic acids is 1. The van der Waals surface area contributed by atoms with Crippen molar-refractivity contribution in [3.8, 4) is 5.75 Å².